The van der Waals surface area contributed by atoms with Crippen LogP contribution >= 0.6 is 0 Å². The van der Waals surface area contributed by atoms with E-state index in [4.69, 9.17) is 0 Å². The fourth-order valence-electron chi connectivity index (χ4n) is 3.16. The lowest BCUT2D eigenvalue weighted by atomic mass is 9.93. The van der Waals surface area contributed by atoms with Crippen molar-refractivity contribution in [1.82, 2.24) is 4.90 Å². The zero-order chi connectivity index (χ0) is 14.4. The third kappa shape index (κ3) is 4.58. The minimum absolute atomic E-state index is 0.347. The van der Waals surface area contributed by atoms with E-state index in [1.54, 1.807) is 0 Å². The highest BCUT2D eigenvalue weighted by Crippen LogP contribution is 2.25. The third-order valence-corrected chi connectivity index (χ3v) is 4.18. The average Bonchev–Trinajstić information content (AvgIpc) is 2.48. The molecule has 2 rings (SSSR count). The van der Waals surface area contributed by atoms with Gasteiger partial charge in [0.1, 0.15) is 0 Å². The normalized spacial score (nSPS) is 20.0. The zero-order valence-electron chi connectivity index (χ0n) is 12.4. The standard InChI is InChI=1S/C17H27NO2/c1-14(19)12-18(16-10-6-3-7-11-16)13-17(20)15-8-4-2-5-9-15/h2,4-5,8-9,14,16-17,19-20H,3,6-7,10-13H2,1H3. The Bertz CT molecular complexity index is 374. The van der Waals surface area contributed by atoms with Gasteiger partial charge in [-0.15, -0.1) is 0 Å². The van der Waals surface area contributed by atoms with Crippen LogP contribution in [0.4, 0.5) is 0 Å². The largest absolute Gasteiger partial charge is 0.392 e. The number of hydrogen-bond donors (Lipinski definition) is 2. The van der Waals surface area contributed by atoms with Crippen molar-refractivity contribution in [3.05, 3.63) is 35.9 Å². The van der Waals surface area contributed by atoms with Crippen LogP contribution in [0.25, 0.3) is 0 Å². The molecule has 2 N–H and O–H groups in total. The summed E-state index contributed by atoms with van der Waals surface area (Å²) >= 11 is 0. The Kier molecular flexibility index (Phi) is 6.02. The van der Waals surface area contributed by atoms with Crippen LogP contribution in [-0.2, 0) is 0 Å². The van der Waals surface area contributed by atoms with Crippen molar-refractivity contribution in [1.29, 1.82) is 0 Å². The van der Waals surface area contributed by atoms with Crippen LogP contribution in [0.15, 0.2) is 30.3 Å². The Morgan fingerprint density at radius 3 is 2.30 bits per heavy atom. The highest BCUT2D eigenvalue weighted by atomic mass is 16.3. The van der Waals surface area contributed by atoms with Crippen LogP contribution in [-0.4, -0.2) is 40.3 Å². The molecule has 1 saturated carbocycles. The first-order chi connectivity index (χ1) is 9.66. The van der Waals surface area contributed by atoms with Crippen molar-refractivity contribution in [3.63, 3.8) is 0 Å². The first-order valence-corrected chi connectivity index (χ1v) is 7.82. The molecule has 0 bridgehead atoms. The fourth-order valence-corrected chi connectivity index (χ4v) is 3.16. The highest BCUT2D eigenvalue weighted by Gasteiger charge is 2.24. The van der Waals surface area contributed by atoms with Gasteiger partial charge >= 0.3 is 0 Å². The highest BCUT2D eigenvalue weighted by molar-refractivity contribution is 5.17. The molecule has 0 radical (unpaired) electrons. The molecule has 1 aliphatic rings. The van der Waals surface area contributed by atoms with Crippen molar-refractivity contribution in [3.8, 4) is 0 Å². The molecule has 1 aromatic carbocycles. The van der Waals surface area contributed by atoms with Crippen LogP contribution in [0, 0.1) is 0 Å². The predicted molar refractivity (Wildman–Crippen MR) is 81.5 cm³/mol. The molecule has 2 unspecified atom stereocenters. The van der Waals surface area contributed by atoms with Gasteiger partial charge in [-0.05, 0) is 25.3 Å². The second kappa shape index (κ2) is 7.77. The summed E-state index contributed by atoms with van der Waals surface area (Å²) in [5, 5.41) is 20.1. The van der Waals surface area contributed by atoms with E-state index in [-0.39, 0.29) is 6.10 Å². The number of nitrogens with zero attached hydrogens (tertiary/aromatic N) is 1. The molecule has 0 amide bonds. The maximum Gasteiger partial charge on any atom is 0.0917 e. The van der Waals surface area contributed by atoms with Gasteiger partial charge in [-0.25, -0.2) is 0 Å². The fraction of sp³-hybridized carbons (Fsp3) is 0.647. The van der Waals surface area contributed by atoms with Gasteiger partial charge in [-0.3, -0.25) is 4.90 Å². The molecule has 0 heterocycles. The van der Waals surface area contributed by atoms with Gasteiger partial charge in [0, 0.05) is 19.1 Å². The molecule has 1 aromatic rings. The first kappa shape index (κ1) is 15.5. The quantitative estimate of drug-likeness (QED) is 0.840. The summed E-state index contributed by atoms with van der Waals surface area (Å²) < 4.78 is 0. The van der Waals surface area contributed by atoms with Gasteiger partial charge in [-0.1, -0.05) is 49.6 Å². The Morgan fingerprint density at radius 1 is 1.05 bits per heavy atom. The number of aliphatic hydroxyl groups excluding tert-OH is 2. The van der Waals surface area contributed by atoms with E-state index < -0.39 is 6.10 Å². The summed E-state index contributed by atoms with van der Waals surface area (Å²) in [6.07, 6.45) is 5.41. The molecule has 1 aliphatic carbocycles. The van der Waals surface area contributed by atoms with Crippen molar-refractivity contribution >= 4 is 0 Å². The number of hydrogen-bond acceptors (Lipinski definition) is 3. The molecule has 0 aromatic heterocycles. The summed E-state index contributed by atoms with van der Waals surface area (Å²) in [5.74, 6) is 0. The minimum Gasteiger partial charge on any atom is -0.392 e. The number of benzene rings is 1. The van der Waals surface area contributed by atoms with E-state index in [2.05, 4.69) is 4.90 Å². The Labute approximate surface area is 122 Å². The molecule has 0 aliphatic heterocycles. The summed E-state index contributed by atoms with van der Waals surface area (Å²) in [7, 11) is 0. The molecule has 0 saturated heterocycles. The van der Waals surface area contributed by atoms with Crippen LogP contribution in [0.1, 0.15) is 50.7 Å². The van der Waals surface area contributed by atoms with E-state index in [0.29, 0.717) is 19.1 Å². The van der Waals surface area contributed by atoms with Gasteiger partial charge in [0.2, 0.25) is 0 Å². The van der Waals surface area contributed by atoms with Crippen LogP contribution in [0.3, 0.4) is 0 Å². The minimum atomic E-state index is -0.475. The molecule has 0 spiro atoms. The van der Waals surface area contributed by atoms with E-state index in [9.17, 15) is 10.2 Å². The molecule has 3 heteroatoms. The molecule has 2 atom stereocenters. The SMILES string of the molecule is CC(O)CN(CC(O)c1ccccc1)C1CCCCC1. The smallest absolute Gasteiger partial charge is 0.0917 e. The summed E-state index contributed by atoms with van der Waals surface area (Å²) in [5.41, 5.74) is 0.957. The molecular formula is C17H27NO2. The monoisotopic (exact) mass is 277 g/mol. The van der Waals surface area contributed by atoms with Crippen molar-refractivity contribution in [2.75, 3.05) is 13.1 Å². The molecule has 112 valence electrons. The molecule has 1 fully saturated rings. The van der Waals surface area contributed by atoms with E-state index >= 15 is 0 Å². The van der Waals surface area contributed by atoms with Gasteiger partial charge in [0.25, 0.3) is 0 Å². The van der Waals surface area contributed by atoms with Crippen LogP contribution < -0.4 is 0 Å². The lowest BCUT2D eigenvalue weighted by Gasteiger charge is -2.36. The van der Waals surface area contributed by atoms with Gasteiger partial charge in [0.05, 0.1) is 12.2 Å². The lowest BCUT2D eigenvalue weighted by molar-refractivity contribution is 0.0392. The first-order valence-electron chi connectivity index (χ1n) is 7.82. The number of aliphatic hydroxyl groups is 2. The summed E-state index contributed by atoms with van der Waals surface area (Å²) in [4.78, 5) is 2.28. The zero-order valence-corrected chi connectivity index (χ0v) is 12.4. The average molecular weight is 277 g/mol. The van der Waals surface area contributed by atoms with E-state index in [1.165, 1.54) is 32.1 Å². The maximum absolute atomic E-state index is 10.4. The second-order valence-corrected chi connectivity index (χ2v) is 6.02. The molecule has 3 nitrogen and oxygen atoms in total. The topological polar surface area (TPSA) is 43.7 Å². The van der Waals surface area contributed by atoms with Crippen LogP contribution in [0.2, 0.25) is 0 Å². The van der Waals surface area contributed by atoms with Crippen LogP contribution in [0.5, 0.6) is 0 Å². The third-order valence-electron chi connectivity index (χ3n) is 4.18. The maximum atomic E-state index is 10.4. The van der Waals surface area contributed by atoms with Crippen molar-refractivity contribution in [2.24, 2.45) is 0 Å². The number of rotatable bonds is 6. The summed E-state index contributed by atoms with van der Waals surface area (Å²) in [6, 6.07) is 10.3. The Morgan fingerprint density at radius 2 is 1.70 bits per heavy atom. The van der Waals surface area contributed by atoms with Crippen molar-refractivity contribution in [2.45, 2.75) is 57.3 Å². The molecular weight excluding hydrogens is 250 g/mol. The Balaban J connectivity index is 1.99. The van der Waals surface area contributed by atoms with Gasteiger partial charge in [-0.2, -0.15) is 0 Å². The molecule has 20 heavy (non-hydrogen) atoms. The van der Waals surface area contributed by atoms with Crippen molar-refractivity contribution < 1.29 is 10.2 Å². The second-order valence-electron chi connectivity index (χ2n) is 6.02. The van der Waals surface area contributed by atoms with E-state index in [1.807, 2.05) is 37.3 Å². The Hall–Kier alpha value is -0.900. The van der Waals surface area contributed by atoms with E-state index in [0.717, 1.165) is 5.56 Å². The van der Waals surface area contributed by atoms with Gasteiger partial charge in [0.15, 0.2) is 0 Å². The predicted octanol–water partition coefficient (Wildman–Crippen LogP) is 2.74. The lowest BCUT2D eigenvalue weighted by Crippen LogP contribution is -2.43. The van der Waals surface area contributed by atoms with Gasteiger partial charge < -0.3 is 10.2 Å². The summed E-state index contributed by atoms with van der Waals surface area (Å²) in [6.45, 7) is 3.08.